The molecule has 2 nitrogen and oxygen atoms in total. The van der Waals surface area contributed by atoms with Crippen LogP contribution in [-0.2, 0) is 6.42 Å². The van der Waals surface area contributed by atoms with Gasteiger partial charge in [-0.25, -0.2) is 4.39 Å². The van der Waals surface area contributed by atoms with Gasteiger partial charge in [-0.05, 0) is 42.0 Å². The molecule has 1 atom stereocenters. The van der Waals surface area contributed by atoms with Crippen LogP contribution >= 0.6 is 0 Å². The second-order valence-electron chi connectivity index (χ2n) is 4.09. The van der Waals surface area contributed by atoms with Crippen molar-refractivity contribution in [2.75, 3.05) is 0 Å². The van der Waals surface area contributed by atoms with Gasteiger partial charge in [0, 0.05) is 6.42 Å². The van der Waals surface area contributed by atoms with Crippen molar-refractivity contribution >= 4 is 0 Å². The quantitative estimate of drug-likeness (QED) is 0.851. The van der Waals surface area contributed by atoms with Gasteiger partial charge in [-0.15, -0.1) is 6.42 Å². The predicted octanol–water partition coefficient (Wildman–Crippen LogP) is 3.15. The maximum Gasteiger partial charge on any atom is 0.127 e. The van der Waals surface area contributed by atoms with Crippen LogP contribution in [-0.4, -0.2) is 11.2 Å². The van der Waals surface area contributed by atoms with Crippen LogP contribution in [0.1, 0.15) is 5.56 Å². The van der Waals surface area contributed by atoms with E-state index in [1.54, 1.807) is 24.3 Å². The fourth-order valence-electron chi connectivity index (χ4n) is 1.66. The first-order valence-corrected chi connectivity index (χ1v) is 5.84. The van der Waals surface area contributed by atoms with Gasteiger partial charge in [0.05, 0.1) is 0 Å². The highest BCUT2D eigenvalue weighted by Crippen LogP contribution is 2.22. The number of benzene rings is 2. The van der Waals surface area contributed by atoms with Gasteiger partial charge < -0.3 is 9.84 Å². The Morgan fingerprint density at radius 1 is 1.16 bits per heavy atom. The Balaban J connectivity index is 2.11. The van der Waals surface area contributed by atoms with E-state index in [1.807, 2.05) is 12.1 Å². The van der Waals surface area contributed by atoms with Gasteiger partial charge in [0.25, 0.3) is 0 Å². The molecule has 0 heterocycles. The lowest BCUT2D eigenvalue weighted by Gasteiger charge is -2.08. The highest BCUT2D eigenvalue weighted by molar-refractivity contribution is 5.34. The van der Waals surface area contributed by atoms with Crippen LogP contribution in [0.2, 0.25) is 0 Å². The Morgan fingerprint density at radius 3 is 2.58 bits per heavy atom. The summed E-state index contributed by atoms with van der Waals surface area (Å²) < 4.78 is 18.4. The highest BCUT2D eigenvalue weighted by Gasteiger charge is 2.03. The molecular formula is C16H13FO2. The molecule has 2 aromatic carbocycles. The van der Waals surface area contributed by atoms with Crippen LogP contribution < -0.4 is 4.74 Å². The van der Waals surface area contributed by atoms with Gasteiger partial charge >= 0.3 is 0 Å². The lowest BCUT2D eigenvalue weighted by atomic mass is 10.1. The molecule has 0 aliphatic rings. The van der Waals surface area contributed by atoms with E-state index >= 15 is 0 Å². The van der Waals surface area contributed by atoms with E-state index < -0.39 is 6.10 Å². The fourth-order valence-corrected chi connectivity index (χ4v) is 1.66. The van der Waals surface area contributed by atoms with Crippen LogP contribution in [0.4, 0.5) is 4.39 Å². The molecule has 0 aromatic heterocycles. The number of aliphatic hydroxyl groups excluding tert-OH is 1. The van der Waals surface area contributed by atoms with E-state index in [0.29, 0.717) is 17.9 Å². The van der Waals surface area contributed by atoms with Gasteiger partial charge in [0.1, 0.15) is 23.4 Å². The monoisotopic (exact) mass is 256 g/mol. The van der Waals surface area contributed by atoms with E-state index in [4.69, 9.17) is 11.2 Å². The van der Waals surface area contributed by atoms with E-state index in [2.05, 4.69) is 5.92 Å². The molecule has 0 amide bonds. The first kappa shape index (κ1) is 13.1. The number of hydrogen-bond acceptors (Lipinski definition) is 2. The molecule has 0 spiro atoms. The molecule has 96 valence electrons. The first-order chi connectivity index (χ1) is 9.17. The Bertz CT molecular complexity index is 584. The first-order valence-electron chi connectivity index (χ1n) is 5.84. The molecule has 1 N–H and O–H groups in total. The highest BCUT2D eigenvalue weighted by atomic mass is 19.1. The van der Waals surface area contributed by atoms with Crippen molar-refractivity contribution in [3.05, 3.63) is 59.9 Å². The fraction of sp³-hybridized carbons (Fsp3) is 0.125. The van der Waals surface area contributed by atoms with Crippen molar-refractivity contribution in [1.29, 1.82) is 0 Å². The summed E-state index contributed by atoms with van der Waals surface area (Å²) in [4.78, 5) is 0. The van der Waals surface area contributed by atoms with Crippen LogP contribution in [0.5, 0.6) is 11.5 Å². The second-order valence-corrected chi connectivity index (χ2v) is 4.09. The van der Waals surface area contributed by atoms with Gasteiger partial charge in [-0.3, -0.25) is 0 Å². The van der Waals surface area contributed by atoms with Crippen molar-refractivity contribution in [3.63, 3.8) is 0 Å². The van der Waals surface area contributed by atoms with Gasteiger partial charge in [-0.1, -0.05) is 18.1 Å². The minimum absolute atomic E-state index is 0.307. The Morgan fingerprint density at radius 2 is 1.89 bits per heavy atom. The van der Waals surface area contributed by atoms with Crippen molar-refractivity contribution in [3.8, 4) is 23.8 Å². The zero-order valence-electron chi connectivity index (χ0n) is 10.2. The number of hydrogen-bond donors (Lipinski definition) is 1. The lowest BCUT2D eigenvalue weighted by molar-refractivity contribution is 0.233. The number of rotatable bonds is 4. The largest absolute Gasteiger partial charge is 0.457 e. The third-order valence-electron chi connectivity index (χ3n) is 2.57. The summed E-state index contributed by atoms with van der Waals surface area (Å²) >= 11 is 0. The molecule has 3 heteroatoms. The lowest BCUT2D eigenvalue weighted by Crippen LogP contribution is -2.06. The number of ether oxygens (including phenoxy) is 1. The number of aliphatic hydroxyl groups is 1. The topological polar surface area (TPSA) is 29.5 Å². The molecule has 0 bridgehead atoms. The van der Waals surface area contributed by atoms with Crippen LogP contribution in [0, 0.1) is 18.2 Å². The smallest absolute Gasteiger partial charge is 0.127 e. The Labute approximate surface area is 111 Å². The molecular weight excluding hydrogens is 243 g/mol. The normalized spacial score (nSPS) is 11.6. The van der Waals surface area contributed by atoms with Crippen LogP contribution in [0.15, 0.2) is 48.5 Å². The van der Waals surface area contributed by atoms with Crippen LogP contribution in [0.3, 0.4) is 0 Å². The molecule has 2 rings (SSSR count). The van der Waals surface area contributed by atoms with E-state index in [0.717, 1.165) is 5.56 Å². The van der Waals surface area contributed by atoms with Gasteiger partial charge in [-0.2, -0.15) is 0 Å². The molecule has 0 saturated carbocycles. The number of halogens is 1. The molecule has 2 aromatic rings. The molecule has 0 fully saturated rings. The number of terminal acetylenes is 1. The summed E-state index contributed by atoms with van der Waals surface area (Å²) in [7, 11) is 0. The molecule has 19 heavy (non-hydrogen) atoms. The van der Waals surface area contributed by atoms with Gasteiger partial charge in [0.15, 0.2) is 0 Å². The van der Waals surface area contributed by atoms with Gasteiger partial charge in [0.2, 0.25) is 0 Å². The van der Waals surface area contributed by atoms with Crippen molar-refractivity contribution < 1.29 is 14.2 Å². The maximum atomic E-state index is 12.8. The maximum absolute atomic E-state index is 12.8. The van der Waals surface area contributed by atoms with E-state index in [-0.39, 0.29) is 5.82 Å². The second kappa shape index (κ2) is 6.03. The van der Waals surface area contributed by atoms with Crippen molar-refractivity contribution in [1.82, 2.24) is 0 Å². The van der Waals surface area contributed by atoms with Crippen molar-refractivity contribution in [2.24, 2.45) is 0 Å². The molecule has 0 radical (unpaired) electrons. The average molecular weight is 256 g/mol. The summed E-state index contributed by atoms with van der Waals surface area (Å²) in [5.41, 5.74) is 0.880. The molecule has 1 unspecified atom stereocenters. The third-order valence-corrected chi connectivity index (χ3v) is 2.57. The summed E-state index contributed by atoms with van der Waals surface area (Å²) in [6, 6.07) is 13.0. The van der Waals surface area contributed by atoms with Crippen LogP contribution in [0.25, 0.3) is 0 Å². The Kier molecular flexibility index (Phi) is 4.17. The summed E-state index contributed by atoms with van der Waals surface area (Å²) in [6.07, 6.45) is 4.70. The summed E-state index contributed by atoms with van der Waals surface area (Å²) in [5, 5.41) is 9.40. The Hall–Kier alpha value is -2.31. The zero-order valence-corrected chi connectivity index (χ0v) is 10.2. The third kappa shape index (κ3) is 3.84. The predicted molar refractivity (Wildman–Crippen MR) is 71.5 cm³/mol. The van der Waals surface area contributed by atoms with E-state index in [9.17, 15) is 9.50 Å². The van der Waals surface area contributed by atoms with Crippen molar-refractivity contribution in [2.45, 2.75) is 12.5 Å². The minimum Gasteiger partial charge on any atom is -0.457 e. The SMILES string of the molecule is C#CC(O)Cc1cccc(Oc2ccc(F)cc2)c1. The zero-order chi connectivity index (χ0) is 13.7. The summed E-state index contributed by atoms with van der Waals surface area (Å²) in [6.45, 7) is 0. The molecule has 0 aliphatic heterocycles. The molecule has 0 aliphatic carbocycles. The average Bonchev–Trinajstić information content (AvgIpc) is 2.42. The standard InChI is InChI=1S/C16H13FO2/c1-2-14(18)10-12-4-3-5-16(11-12)19-15-8-6-13(17)7-9-15/h1,3-9,11,14,18H,10H2. The minimum atomic E-state index is -0.805. The summed E-state index contributed by atoms with van der Waals surface area (Å²) in [5.74, 6) is 3.13. The van der Waals surface area contributed by atoms with E-state index in [1.165, 1.54) is 12.1 Å². The molecule has 0 saturated heterocycles.